The van der Waals surface area contributed by atoms with E-state index >= 15 is 0 Å². The van der Waals surface area contributed by atoms with Gasteiger partial charge in [-0.2, -0.15) is 0 Å². The number of para-hydroxylation sites is 1. The second-order valence-corrected chi connectivity index (χ2v) is 8.74. The minimum Gasteiger partial charge on any atom is -0.483 e. The standard InChI is InChI=1S/C23H27N5O2S/c1-4-20-26-27-23(31-20)25-19-12-6-10-17(24-19)18-11-7-13-28(18)21(29)14-30-22-15(2)8-5-9-16(22)3/h5-6,8-10,12,18H,4,7,11,13-14H2,1-3H3,(H,24,25,27). The molecule has 1 amide bonds. The number of benzene rings is 1. The fourth-order valence-corrected chi connectivity index (χ4v) is 4.57. The normalized spacial score (nSPS) is 15.8. The first-order valence-corrected chi connectivity index (χ1v) is 11.4. The summed E-state index contributed by atoms with van der Waals surface area (Å²) >= 11 is 1.52. The third-order valence-electron chi connectivity index (χ3n) is 5.44. The summed E-state index contributed by atoms with van der Waals surface area (Å²) in [6.07, 6.45) is 2.70. The van der Waals surface area contributed by atoms with E-state index in [4.69, 9.17) is 9.72 Å². The molecule has 0 bridgehead atoms. The largest absolute Gasteiger partial charge is 0.483 e. The molecular weight excluding hydrogens is 410 g/mol. The molecule has 162 valence electrons. The van der Waals surface area contributed by atoms with E-state index in [-0.39, 0.29) is 18.6 Å². The van der Waals surface area contributed by atoms with Crippen LogP contribution in [0, 0.1) is 13.8 Å². The molecule has 0 radical (unpaired) electrons. The highest BCUT2D eigenvalue weighted by molar-refractivity contribution is 7.15. The Morgan fingerprint density at radius 2 is 1.97 bits per heavy atom. The van der Waals surface area contributed by atoms with Crippen molar-refractivity contribution >= 4 is 28.2 Å². The van der Waals surface area contributed by atoms with E-state index in [2.05, 4.69) is 22.4 Å². The molecule has 1 aliphatic heterocycles. The number of hydrogen-bond acceptors (Lipinski definition) is 7. The van der Waals surface area contributed by atoms with Gasteiger partial charge in [0.2, 0.25) is 5.13 Å². The zero-order chi connectivity index (χ0) is 21.8. The van der Waals surface area contributed by atoms with Crippen molar-refractivity contribution in [2.24, 2.45) is 0 Å². The van der Waals surface area contributed by atoms with Gasteiger partial charge in [-0.25, -0.2) is 4.98 Å². The van der Waals surface area contributed by atoms with Crippen molar-refractivity contribution in [3.63, 3.8) is 0 Å². The van der Waals surface area contributed by atoms with E-state index < -0.39 is 0 Å². The molecule has 1 aliphatic rings. The fraction of sp³-hybridized carbons (Fsp3) is 0.391. The van der Waals surface area contributed by atoms with Crippen LogP contribution in [0.5, 0.6) is 5.75 Å². The Balaban J connectivity index is 1.44. The highest BCUT2D eigenvalue weighted by Crippen LogP contribution is 2.32. The Morgan fingerprint density at radius 1 is 1.19 bits per heavy atom. The van der Waals surface area contributed by atoms with Crippen molar-refractivity contribution in [1.29, 1.82) is 0 Å². The summed E-state index contributed by atoms with van der Waals surface area (Å²) in [4.78, 5) is 19.6. The molecule has 0 spiro atoms. The highest BCUT2D eigenvalue weighted by atomic mass is 32.1. The van der Waals surface area contributed by atoms with Gasteiger partial charge in [-0.15, -0.1) is 10.2 Å². The van der Waals surface area contributed by atoms with Crippen LogP contribution in [0.4, 0.5) is 10.9 Å². The van der Waals surface area contributed by atoms with Crippen molar-refractivity contribution in [3.8, 4) is 5.75 Å². The number of aryl methyl sites for hydroxylation is 3. The van der Waals surface area contributed by atoms with Crippen LogP contribution in [0.1, 0.15) is 47.6 Å². The van der Waals surface area contributed by atoms with Gasteiger partial charge in [-0.1, -0.05) is 42.5 Å². The van der Waals surface area contributed by atoms with Gasteiger partial charge >= 0.3 is 0 Å². The lowest BCUT2D eigenvalue weighted by Gasteiger charge is -2.25. The summed E-state index contributed by atoms with van der Waals surface area (Å²) in [6, 6.07) is 11.8. The number of carbonyl (C=O) groups is 1. The highest BCUT2D eigenvalue weighted by Gasteiger charge is 2.31. The van der Waals surface area contributed by atoms with Crippen LogP contribution in [-0.2, 0) is 11.2 Å². The maximum atomic E-state index is 13.0. The van der Waals surface area contributed by atoms with E-state index in [1.54, 1.807) is 0 Å². The summed E-state index contributed by atoms with van der Waals surface area (Å²) in [7, 11) is 0. The fourth-order valence-electron chi connectivity index (χ4n) is 3.88. The summed E-state index contributed by atoms with van der Waals surface area (Å²) < 4.78 is 5.90. The summed E-state index contributed by atoms with van der Waals surface area (Å²) in [5.74, 6) is 1.49. The average Bonchev–Trinajstić information content (AvgIpc) is 3.43. The van der Waals surface area contributed by atoms with E-state index in [9.17, 15) is 4.79 Å². The number of amides is 1. The first-order valence-electron chi connectivity index (χ1n) is 10.6. The van der Waals surface area contributed by atoms with Gasteiger partial charge in [0.05, 0.1) is 11.7 Å². The molecule has 4 rings (SSSR count). The maximum Gasteiger partial charge on any atom is 0.261 e. The summed E-state index contributed by atoms with van der Waals surface area (Å²) in [6.45, 7) is 6.80. The zero-order valence-electron chi connectivity index (χ0n) is 18.1. The zero-order valence-corrected chi connectivity index (χ0v) is 18.9. The molecule has 1 unspecified atom stereocenters. The molecule has 7 nitrogen and oxygen atoms in total. The predicted octanol–water partition coefficient (Wildman–Crippen LogP) is 4.60. The molecule has 0 saturated carbocycles. The van der Waals surface area contributed by atoms with Gasteiger partial charge in [-0.3, -0.25) is 4.79 Å². The van der Waals surface area contributed by atoms with Crippen molar-refractivity contribution in [2.45, 2.75) is 46.1 Å². The molecule has 3 heterocycles. The van der Waals surface area contributed by atoms with Crippen molar-refractivity contribution in [1.82, 2.24) is 20.1 Å². The van der Waals surface area contributed by atoms with Crippen LogP contribution in [0.25, 0.3) is 0 Å². The lowest BCUT2D eigenvalue weighted by Crippen LogP contribution is -2.35. The van der Waals surface area contributed by atoms with Crippen LogP contribution in [0.3, 0.4) is 0 Å². The lowest BCUT2D eigenvalue weighted by molar-refractivity contribution is -0.134. The first kappa shape index (κ1) is 21.2. The first-order chi connectivity index (χ1) is 15.0. The number of nitrogens with one attached hydrogen (secondary N) is 1. The van der Waals surface area contributed by atoms with Gasteiger partial charge in [0.25, 0.3) is 5.91 Å². The average molecular weight is 438 g/mol. The lowest BCUT2D eigenvalue weighted by atomic mass is 10.1. The number of pyridine rings is 1. The molecule has 3 aromatic rings. The second kappa shape index (κ2) is 9.43. The molecule has 1 atom stereocenters. The quantitative estimate of drug-likeness (QED) is 0.582. The van der Waals surface area contributed by atoms with Crippen LogP contribution in [-0.4, -0.2) is 39.1 Å². The number of aromatic nitrogens is 3. The topological polar surface area (TPSA) is 80.2 Å². The molecule has 1 saturated heterocycles. The van der Waals surface area contributed by atoms with Crippen LogP contribution in [0.15, 0.2) is 36.4 Å². The predicted molar refractivity (Wildman–Crippen MR) is 122 cm³/mol. The van der Waals surface area contributed by atoms with E-state index in [0.29, 0.717) is 5.82 Å². The van der Waals surface area contributed by atoms with Gasteiger partial charge in [0, 0.05) is 6.54 Å². The number of nitrogens with zero attached hydrogens (tertiary/aromatic N) is 4. The van der Waals surface area contributed by atoms with Gasteiger partial charge < -0.3 is 15.0 Å². The van der Waals surface area contributed by atoms with E-state index in [1.807, 2.05) is 55.1 Å². The number of ether oxygens (including phenoxy) is 1. The molecule has 1 fully saturated rings. The Hall–Kier alpha value is -3.00. The van der Waals surface area contributed by atoms with Crippen LogP contribution in [0.2, 0.25) is 0 Å². The Kier molecular flexibility index (Phi) is 6.46. The van der Waals surface area contributed by atoms with E-state index in [1.165, 1.54) is 11.3 Å². The molecule has 8 heteroatoms. The van der Waals surface area contributed by atoms with Gasteiger partial charge in [0.15, 0.2) is 6.61 Å². The second-order valence-electron chi connectivity index (χ2n) is 7.68. The van der Waals surface area contributed by atoms with Crippen molar-refractivity contribution in [3.05, 3.63) is 58.2 Å². The third-order valence-corrected chi connectivity index (χ3v) is 6.42. The molecule has 1 aromatic carbocycles. The van der Waals surface area contributed by atoms with Gasteiger partial charge in [-0.05, 0) is 56.4 Å². The van der Waals surface area contributed by atoms with Crippen molar-refractivity contribution in [2.75, 3.05) is 18.5 Å². The van der Waals surface area contributed by atoms with Crippen LogP contribution >= 0.6 is 11.3 Å². The molecule has 1 N–H and O–H groups in total. The molecule has 31 heavy (non-hydrogen) atoms. The summed E-state index contributed by atoms with van der Waals surface area (Å²) in [5, 5.41) is 13.2. The Bertz CT molecular complexity index is 1050. The number of hydrogen-bond donors (Lipinski definition) is 1. The summed E-state index contributed by atoms with van der Waals surface area (Å²) in [5.41, 5.74) is 2.95. The molecular formula is C23H27N5O2S. The molecule has 0 aliphatic carbocycles. The Labute approximate surface area is 186 Å². The van der Waals surface area contributed by atoms with E-state index in [0.717, 1.165) is 58.5 Å². The number of carbonyl (C=O) groups excluding carboxylic acids is 1. The minimum atomic E-state index is -0.0450. The van der Waals surface area contributed by atoms with Crippen molar-refractivity contribution < 1.29 is 9.53 Å². The SMILES string of the molecule is CCc1nnc(Nc2cccc(C3CCCN3C(=O)COc3c(C)cccc3C)n2)s1. The Morgan fingerprint density at radius 3 is 2.71 bits per heavy atom. The monoisotopic (exact) mass is 437 g/mol. The molecule has 2 aromatic heterocycles. The maximum absolute atomic E-state index is 13.0. The van der Waals surface area contributed by atoms with Gasteiger partial charge in [0.1, 0.15) is 16.6 Å². The minimum absolute atomic E-state index is 0.0120. The van der Waals surface area contributed by atoms with Crippen LogP contribution < -0.4 is 10.1 Å². The smallest absolute Gasteiger partial charge is 0.261 e. The number of anilines is 2. The number of rotatable bonds is 7. The number of likely N-dealkylation sites (tertiary alicyclic amines) is 1. The third kappa shape index (κ3) is 4.85.